The number of nitrogens with one attached hydrogen (secondary N) is 1. The maximum Gasteiger partial charge on any atom is 0.264 e. The summed E-state index contributed by atoms with van der Waals surface area (Å²) in [7, 11) is -4.11. The Morgan fingerprint density at radius 1 is 0.949 bits per heavy atom. The first kappa shape index (κ1) is 30.5. The van der Waals surface area contributed by atoms with Gasteiger partial charge in [-0.15, -0.1) is 0 Å². The highest BCUT2D eigenvalue weighted by Gasteiger charge is 2.32. The normalized spacial score (nSPS) is 12.0. The van der Waals surface area contributed by atoms with E-state index in [-0.39, 0.29) is 17.3 Å². The van der Waals surface area contributed by atoms with Gasteiger partial charge in [-0.1, -0.05) is 73.4 Å². The van der Waals surface area contributed by atoms with Crippen LogP contribution in [0.3, 0.4) is 0 Å². The zero-order valence-electron chi connectivity index (χ0n) is 22.2. The largest absolute Gasteiger partial charge is 0.354 e. The van der Waals surface area contributed by atoms with Crippen molar-refractivity contribution < 1.29 is 18.0 Å². The van der Waals surface area contributed by atoms with E-state index in [4.69, 9.17) is 23.2 Å². The van der Waals surface area contributed by atoms with Gasteiger partial charge in [-0.3, -0.25) is 13.9 Å². The molecule has 0 aliphatic heterocycles. The first-order chi connectivity index (χ1) is 18.6. The van der Waals surface area contributed by atoms with E-state index in [0.29, 0.717) is 27.8 Å². The highest BCUT2D eigenvalue weighted by molar-refractivity contribution is 7.92. The molecule has 2 amide bonds. The molecule has 0 bridgehead atoms. The fourth-order valence-electron chi connectivity index (χ4n) is 3.96. The minimum absolute atomic E-state index is 0.0104. The van der Waals surface area contributed by atoms with Gasteiger partial charge in [-0.2, -0.15) is 0 Å². The van der Waals surface area contributed by atoms with Gasteiger partial charge < -0.3 is 10.2 Å². The van der Waals surface area contributed by atoms with E-state index in [1.165, 1.54) is 17.0 Å². The molecule has 3 rings (SSSR count). The number of carbonyl (C=O) groups is 2. The topological polar surface area (TPSA) is 86.8 Å². The Balaban J connectivity index is 2.03. The third-order valence-corrected chi connectivity index (χ3v) is 8.69. The molecule has 0 radical (unpaired) electrons. The van der Waals surface area contributed by atoms with E-state index in [1.807, 2.05) is 26.0 Å². The highest BCUT2D eigenvalue weighted by atomic mass is 35.5. The van der Waals surface area contributed by atoms with Crippen LogP contribution in [0.2, 0.25) is 10.0 Å². The van der Waals surface area contributed by atoms with Crippen LogP contribution in [0.1, 0.15) is 38.3 Å². The van der Waals surface area contributed by atoms with Gasteiger partial charge in [0.25, 0.3) is 10.0 Å². The molecule has 0 heterocycles. The Morgan fingerprint density at radius 2 is 1.62 bits per heavy atom. The first-order valence-electron chi connectivity index (χ1n) is 12.8. The molecule has 0 fully saturated rings. The molecule has 0 aliphatic carbocycles. The molecular formula is C29H33Cl2N3O4S. The lowest BCUT2D eigenvalue weighted by molar-refractivity contribution is -0.139. The second-order valence-corrected chi connectivity index (χ2v) is 11.8. The van der Waals surface area contributed by atoms with Gasteiger partial charge >= 0.3 is 0 Å². The Kier molecular flexibility index (Phi) is 10.8. The second kappa shape index (κ2) is 13.8. The van der Waals surface area contributed by atoms with E-state index in [9.17, 15) is 18.0 Å². The number of halogens is 2. The SMILES string of the molecule is CCCNC(=O)[C@@H](C)N(Cc1ccc(Cl)cc1Cl)C(=O)CN(c1ccc(CC)cc1)S(=O)(=O)c1ccccc1. The van der Waals surface area contributed by atoms with Crippen LogP contribution in [0.4, 0.5) is 5.69 Å². The fraction of sp³-hybridized carbons (Fsp3) is 0.310. The Bertz CT molecular complexity index is 1380. The summed E-state index contributed by atoms with van der Waals surface area (Å²) < 4.78 is 28.6. The number of benzene rings is 3. The van der Waals surface area contributed by atoms with E-state index in [2.05, 4.69) is 5.32 Å². The zero-order chi connectivity index (χ0) is 28.6. The molecule has 10 heteroatoms. The molecule has 7 nitrogen and oxygen atoms in total. The van der Waals surface area contributed by atoms with Crippen LogP contribution in [0, 0.1) is 0 Å². The van der Waals surface area contributed by atoms with Gasteiger partial charge in [-0.25, -0.2) is 8.42 Å². The molecule has 0 aromatic heterocycles. The summed E-state index contributed by atoms with van der Waals surface area (Å²) in [6.45, 7) is 5.46. The molecule has 1 N–H and O–H groups in total. The van der Waals surface area contributed by atoms with Crippen molar-refractivity contribution in [3.63, 3.8) is 0 Å². The molecule has 1 atom stereocenters. The fourth-order valence-corrected chi connectivity index (χ4v) is 5.86. The summed E-state index contributed by atoms with van der Waals surface area (Å²) >= 11 is 12.5. The van der Waals surface area contributed by atoms with Gasteiger partial charge in [0.15, 0.2) is 0 Å². The van der Waals surface area contributed by atoms with Crippen LogP contribution in [0.25, 0.3) is 0 Å². The smallest absolute Gasteiger partial charge is 0.264 e. The number of anilines is 1. The molecule has 0 saturated heterocycles. The first-order valence-corrected chi connectivity index (χ1v) is 15.0. The predicted molar refractivity (Wildman–Crippen MR) is 157 cm³/mol. The van der Waals surface area contributed by atoms with Crippen molar-refractivity contribution in [1.29, 1.82) is 0 Å². The van der Waals surface area contributed by atoms with Crippen molar-refractivity contribution in [1.82, 2.24) is 10.2 Å². The summed E-state index contributed by atoms with van der Waals surface area (Å²) in [6, 6.07) is 19.0. The van der Waals surface area contributed by atoms with Gasteiger partial charge in [-0.05, 0) is 67.3 Å². The third-order valence-electron chi connectivity index (χ3n) is 6.31. The second-order valence-electron chi connectivity index (χ2n) is 9.07. The van der Waals surface area contributed by atoms with Crippen molar-refractivity contribution in [2.24, 2.45) is 0 Å². The summed E-state index contributed by atoms with van der Waals surface area (Å²) in [4.78, 5) is 28.2. The minimum atomic E-state index is -4.11. The van der Waals surface area contributed by atoms with Crippen molar-refractivity contribution in [3.05, 3.63) is 94.0 Å². The van der Waals surface area contributed by atoms with Crippen molar-refractivity contribution in [2.45, 2.75) is 51.1 Å². The van der Waals surface area contributed by atoms with Crippen LogP contribution < -0.4 is 9.62 Å². The average Bonchev–Trinajstić information content (AvgIpc) is 2.94. The summed E-state index contributed by atoms with van der Waals surface area (Å²) in [5, 5.41) is 3.59. The summed E-state index contributed by atoms with van der Waals surface area (Å²) in [5.41, 5.74) is 1.95. The van der Waals surface area contributed by atoms with Gasteiger partial charge in [0.05, 0.1) is 10.6 Å². The molecule has 0 aliphatic rings. The number of aryl methyl sites for hydroxylation is 1. The lowest BCUT2D eigenvalue weighted by Crippen LogP contribution is -2.51. The number of hydrogen-bond acceptors (Lipinski definition) is 4. The lowest BCUT2D eigenvalue weighted by Gasteiger charge is -2.32. The molecule has 0 spiro atoms. The molecular weight excluding hydrogens is 557 g/mol. The molecule has 0 unspecified atom stereocenters. The van der Waals surface area contributed by atoms with Crippen molar-refractivity contribution >= 4 is 50.7 Å². The highest BCUT2D eigenvalue weighted by Crippen LogP contribution is 2.27. The number of amides is 2. The van der Waals surface area contributed by atoms with Crippen molar-refractivity contribution in [2.75, 3.05) is 17.4 Å². The Hall–Kier alpha value is -3.07. The molecule has 208 valence electrons. The Labute approximate surface area is 240 Å². The molecule has 39 heavy (non-hydrogen) atoms. The quantitative estimate of drug-likeness (QED) is 0.294. The van der Waals surface area contributed by atoms with Crippen LogP contribution in [-0.2, 0) is 32.6 Å². The van der Waals surface area contributed by atoms with Gasteiger partial charge in [0.1, 0.15) is 12.6 Å². The Morgan fingerprint density at radius 3 is 2.21 bits per heavy atom. The summed E-state index contributed by atoms with van der Waals surface area (Å²) in [6.07, 6.45) is 1.51. The molecule has 0 saturated carbocycles. The van der Waals surface area contributed by atoms with Gasteiger partial charge in [0, 0.05) is 23.1 Å². The molecule has 3 aromatic carbocycles. The number of nitrogens with zero attached hydrogens (tertiary/aromatic N) is 2. The van der Waals surface area contributed by atoms with Crippen LogP contribution in [0.5, 0.6) is 0 Å². The predicted octanol–water partition coefficient (Wildman–Crippen LogP) is 5.69. The van der Waals surface area contributed by atoms with E-state index in [1.54, 1.807) is 55.5 Å². The number of sulfonamides is 1. The number of rotatable bonds is 12. The maximum absolute atomic E-state index is 13.9. The van der Waals surface area contributed by atoms with E-state index >= 15 is 0 Å². The van der Waals surface area contributed by atoms with Crippen LogP contribution in [-0.4, -0.2) is 44.3 Å². The van der Waals surface area contributed by atoms with E-state index < -0.39 is 28.5 Å². The lowest BCUT2D eigenvalue weighted by atomic mass is 10.1. The monoisotopic (exact) mass is 589 g/mol. The van der Waals surface area contributed by atoms with Crippen LogP contribution >= 0.6 is 23.2 Å². The van der Waals surface area contributed by atoms with Gasteiger partial charge in [0.2, 0.25) is 11.8 Å². The number of carbonyl (C=O) groups excluding carboxylic acids is 2. The van der Waals surface area contributed by atoms with Crippen molar-refractivity contribution in [3.8, 4) is 0 Å². The summed E-state index contributed by atoms with van der Waals surface area (Å²) in [5.74, 6) is -0.903. The molecule has 3 aromatic rings. The maximum atomic E-state index is 13.9. The minimum Gasteiger partial charge on any atom is -0.354 e. The average molecular weight is 591 g/mol. The third kappa shape index (κ3) is 7.75. The standard InChI is InChI=1S/C29H33Cl2N3O4S/c1-4-17-32-29(36)21(3)33(19-23-13-14-24(30)18-27(23)31)28(35)20-34(25-15-11-22(5-2)12-16-25)39(37,38)26-9-7-6-8-10-26/h6-16,18,21H,4-5,17,19-20H2,1-3H3,(H,32,36)/t21-/m1/s1. The van der Waals surface area contributed by atoms with Crippen LogP contribution in [0.15, 0.2) is 77.7 Å². The zero-order valence-corrected chi connectivity index (χ0v) is 24.6. The number of hydrogen-bond donors (Lipinski definition) is 1. The van der Waals surface area contributed by atoms with E-state index in [0.717, 1.165) is 22.7 Å².